The standard InChI is InChI=1S/C29H31N5O5S/c1-19-11-13-32-29(33-19)34-40(36,37)28-15-21(7-10-27(28)38-2)20-6-9-26-22(14-20)5-8-24(39-26)17-31-18-25(35)23-4-3-12-30-16-23/h3-4,6-7,9-16,24-25,31,35H,5,8,17-18H2,1-2H3,(H,32,33,34)/t24-,25+/m1/s1. The maximum absolute atomic E-state index is 13.2. The van der Waals surface area contributed by atoms with E-state index in [2.05, 4.69) is 25.0 Å². The fourth-order valence-corrected chi connectivity index (χ4v) is 5.73. The fraction of sp³-hybridized carbons (Fsp3) is 0.276. The van der Waals surface area contributed by atoms with Gasteiger partial charge in [-0.15, -0.1) is 0 Å². The van der Waals surface area contributed by atoms with Gasteiger partial charge in [-0.05, 0) is 72.9 Å². The lowest BCUT2D eigenvalue weighted by atomic mass is 9.97. The Hall–Kier alpha value is -4.06. The number of rotatable bonds is 10. The van der Waals surface area contributed by atoms with Gasteiger partial charge in [0.15, 0.2) is 0 Å². The predicted molar refractivity (Wildman–Crippen MR) is 151 cm³/mol. The summed E-state index contributed by atoms with van der Waals surface area (Å²) in [6.07, 6.45) is 5.81. The predicted octanol–water partition coefficient (Wildman–Crippen LogP) is 3.67. The zero-order chi connectivity index (χ0) is 28.1. The molecule has 0 aliphatic carbocycles. The molecule has 0 bridgehead atoms. The highest BCUT2D eigenvalue weighted by Gasteiger charge is 2.24. The summed E-state index contributed by atoms with van der Waals surface area (Å²) in [7, 11) is -2.58. The number of aliphatic hydroxyl groups excluding tert-OH is 1. The first-order valence-corrected chi connectivity index (χ1v) is 14.4. The molecule has 208 valence electrons. The van der Waals surface area contributed by atoms with Crippen molar-refractivity contribution in [3.05, 3.63) is 90.0 Å². The van der Waals surface area contributed by atoms with Crippen molar-refractivity contribution >= 4 is 16.0 Å². The molecule has 1 aliphatic heterocycles. The molecule has 5 rings (SSSR count). The summed E-state index contributed by atoms with van der Waals surface area (Å²) in [6.45, 7) is 2.77. The minimum absolute atomic E-state index is 0.00554. The third-order valence-electron chi connectivity index (χ3n) is 6.68. The molecule has 0 radical (unpaired) electrons. The third-order valence-corrected chi connectivity index (χ3v) is 8.02. The smallest absolute Gasteiger partial charge is 0.267 e. The van der Waals surface area contributed by atoms with Gasteiger partial charge in [-0.2, -0.15) is 0 Å². The van der Waals surface area contributed by atoms with E-state index in [4.69, 9.17) is 9.47 Å². The van der Waals surface area contributed by atoms with Crippen LogP contribution in [0.4, 0.5) is 5.95 Å². The van der Waals surface area contributed by atoms with Gasteiger partial charge < -0.3 is 19.9 Å². The van der Waals surface area contributed by atoms with Crippen LogP contribution < -0.4 is 19.5 Å². The number of ether oxygens (including phenoxy) is 2. The highest BCUT2D eigenvalue weighted by Crippen LogP contribution is 2.35. The maximum atomic E-state index is 13.2. The molecule has 11 heteroatoms. The molecule has 0 spiro atoms. The number of anilines is 1. The molecule has 3 N–H and O–H groups in total. The van der Waals surface area contributed by atoms with Crippen LogP contribution >= 0.6 is 0 Å². The Morgan fingerprint density at radius 1 is 1.12 bits per heavy atom. The highest BCUT2D eigenvalue weighted by molar-refractivity contribution is 7.92. The number of benzene rings is 2. The van der Waals surface area contributed by atoms with Gasteiger partial charge in [0.25, 0.3) is 10.0 Å². The summed E-state index contributed by atoms with van der Waals surface area (Å²) in [5, 5.41) is 13.6. The van der Waals surface area contributed by atoms with Crippen molar-refractivity contribution in [2.24, 2.45) is 0 Å². The number of aryl methyl sites for hydroxylation is 2. The zero-order valence-electron chi connectivity index (χ0n) is 22.2. The van der Waals surface area contributed by atoms with E-state index in [0.29, 0.717) is 18.8 Å². The number of aliphatic hydroxyl groups is 1. The van der Waals surface area contributed by atoms with Crippen LogP contribution in [0.15, 0.2) is 78.1 Å². The van der Waals surface area contributed by atoms with Gasteiger partial charge in [0, 0.05) is 42.9 Å². The number of hydrogen-bond acceptors (Lipinski definition) is 9. The van der Waals surface area contributed by atoms with Gasteiger partial charge in [-0.1, -0.05) is 18.2 Å². The maximum Gasteiger partial charge on any atom is 0.267 e. The number of nitrogens with one attached hydrogen (secondary N) is 2. The number of pyridine rings is 1. The largest absolute Gasteiger partial charge is 0.495 e. The van der Waals surface area contributed by atoms with Crippen molar-refractivity contribution in [3.63, 3.8) is 0 Å². The second kappa shape index (κ2) is 12.0. The summed E-state index contributed by atoms with van der Waals surface area (Å²) in [5.41, 5.74) is 4.05. The number of nitrogens with zero attached hydrogens (tertiary/aromatic N) is 3. The van der Waals surface area contributed by atoms with Crippen LogP contribution in [-0.4, -0.2) is 54.8 Å². The second-order valence-corrected chi connectivity index (χ2v) is 11.2. The van der Waals surface area contributed by atoms with Gasteiger partial charge >= 0.3 is 0 Å². The first-order chi connectivity index (χ1) is 19.3. The van der Waals surface area contributed by atoms with E-state index in [9.17, 15) is 13.5 Å². The van der Waals surface area contributed by atoms with Crippen molar-refractivity contribution in [3.8, 4) is 22.6 Å². The molecule has 4 aromatic rings. The van der Waals surface area contributed by atoms with Crippen LogP contribution in [0.1, 0.15) is 29.3 Å². The summed E-state index contributed by atoms with van der Waals surface area (Å²) in [4.78, 5) is 12.2. The van der Waals surface area contributed by atoms with Crippen LogP contribution in [0.25, 0.3) is 11.1 Å². The minimum Gasteiger partial charge on any atom is -0.495 e. The molecule has 10 nitrogen and oxygen atoms in total. The SMILES string of the molecule is COc1ccc(-c2ccc3c(c2)CC[C@H](CNC[C@H](O)c2cccnc2)O3)cc1S(=O)(=O)Nc1nccc(C)n1. The summed E-state index contributed by atoms with van der Waals surface area (Å²) < 4.78 is 40.5. The minimum atomic E-state index is -4.01. The van der Waals surface area contributed by atoms with E-state index >= 15 is 0 Å². The van der Waals surface area contributed by atoms with Gasteiger partial charge in [0.1, 0.15) is 22.5 Å². The van der Waals surface area contributed by atoms with E-state index < -0.39 is 16.1 Å². The highest BCUT2D eigenvalue weighted by atomic mass is 32.2. The average Bonchev–Trinajstić information content (AvgIpc) is 2.96. The molecule has 2 atom stereocenters. The second-order valence-electron chi connectivity index (χ2n) is 9.55. The molecule has 2 aromatic heterocycles. The van der Waals surface area contributed by atoms with E-state index in [1.165, 1.54) is 13.3 Å². The molecular weight excluding hydrogens is 530 g/mol. The van der Waals surface area contributed by atoms with E-state index in [1.807, 2.05) is 30.3 Å². The monoisotopic (exact) mass is 561 g/mol. The zero-order valence-corrected chi connectivity index (χ0v) is 23.1. The molecule has 0 fully saturated rings. The summed E-state index contributed by atoms with van der Waals surface area (Å²) in [6, 6.07) is 16.2. The van der Waals surface area contributed by atoms with Gasteiger partial charge in [-0.3, -0.25) is 4.98 Å². The first kappa shape index (κ1) is 27.5. The molecular formula is C29H31N5O5S. The Balaban J connectivity index is 1.28. The van der Waals surface area contributed by atoms with E-state index in [0.717, 1.165) is 40.8 Å². The van der Waals surface area contributed by atoms with Crippen molar-refractivity contribution in [1.82, 2.24) is 20.3 Å². The topological polar surface area (TPSA) is 136 Å². The van der Waals surface area contributed by atoms with Crippen LogP contribution in [-0.2, 0) is 16.4 Å². The van der Waals surface area contributed by atoms with Crippen LogP contribution in [0.5, 0.6) is 11.5 Å². The third kappa shape index (κ3) is 6.39. The molecule has 0 amide bonds. The Morgan fingerprint density at radius 3 is 2.73 bits per heavy atom. The van der Waals surface area contributed by atoms with Crippen LogP contribution in [0.3, 0.4) is 0 Å². The Bertz CT molecular complexity index is 1580. The van der Waals surface area contributed by atoms with Crippen molar-refractivity contribution in [2.75, 3.05) is 24.9 Å². The van der Waals surface area contributed by atoms with Crippen molar-refractivity contribution in [2.45, 2.75) is 36.9 Å². The number of fused-ring (bicyclic) bond motifs is 1. The lowest BCUT2D eigenvalue weighted by molar-refractivity contribution is 0.146. The molecule has 3 heterocycles. The van der Waals surface area contributed by atoms with E-state index in [-0.39, 0.29) is 22.7 Å². The number of methoxy groups -OCH3 is 1. The van der Waals surface area contributed by atoms with Gasteiger partial charge in [-0.25, -0.2) is 23.1 Å². The van der Waals surface area contributed by atoms with Gasteiger partial charge in [0.2, 0.25) is 5.95 Å². The lowest BCUT2D eigenvalue weighted by Gasteiger charge is -2.27. The Morgan fingerprint density at radius 2 is 1.95 bits per heavy atom. The lowest BCUT2D eigenvalue weighted by Crippen LogP contribution is -2.36. The fourth-order valence-electron chi connectivity index (χ4n) is 4.58. The first-order valence-electron chi connectivity index (χ1n) is 12.9. The number of aromatic nitrogens is 3. The molecule has 0 unspecified atom stereocenters. The molecule has 0 saturated heterocycles. The summed E-state index contributed by atoms with van der Waals surface area (Å²) in [5.74, 6) is 1.01. The van der Waals surface area contributed by atoms with Crippen LogP contribution in [0.2, 0.25) is 0 Å². The van der Waals surface area contributed by atoms with Gasteiger partial charge in [0.05, 0.1) is 13.2 Å². The number of sulfonamides is 1. The Kier molecular flexibility index (Phi) is 8.24. The molecule has 1 aliphatic rings. The molecule has 40 heavy (non-hydrogen) atoms. The van der Waals surface area contributed by atoms with E-state index in [1.54, 1.807) is 43.6 Å². The summed E-state index contributed by atoms with van der Waals surface area (Å²) >= 11 is 0. The molecule has 2 aromatic carbocycles. The van der Waals surface area contributed by atoms with Crippen molar-refractivity contribution in [1.29, 1.82) is 0 Å². The van der Waals surface area contributed by atoms with Crippen LogP contribution in [0, 0.1) is 6.92 Å². The van der Waals surface area contributed by atoms with Crippen molar-refractivity contribution < 1.29 is 23.0 Å². The molecule has 0 saturated carbocycles. The quantitative estimate of drug-likeness (QED) is 0.265. The Labute approximate surface area is 233 Å². The number of hydrogen-bond donors (Lipinski definition) is 3. The average molecular weight is 562 g/mol. The normalized spacial score (nSPS) is 15.5.